The summed E-state index contributed by atoms with van der Waals surface area (Å²) in [6, 6.07) is 2.01. The van der Waals surface area contributed by atoms with Crippen molar-refractivity contribution in [3.8, 4) is 0 Å². The van der Waals surface area contributed by atoms with Crippen molar-refractivity contribution in [2.75, 3.05) is 18.5 Å². The fraction of sp³-hybridized carbons (Fsp3) is 0.500. The number of hydrogen-bond donors (Lipinski definition) is 1. The number of nitrogens with zero attached hydrogens (tertiary/aromatic N) is 2. The first-order valence-electron chi connectivity index (χ1n) is 4.57. The monoisotopic (exact) mass is 178 g/mol. The number of hydrogen-bond acceptors (Lipinski definition) is 3. The highest BCUT2D eigenvalue weighted by Gasteiger charge is 2.21. The van der Waals surface area contributed by atoms with E-state index in [9.17, 15) is 5.11 Å². The van der Waals surface area contributed by atoms with Gasteiger partial charge in [-0.15, -0.1) is 0 Å². The first-order chi connectivity index (χ1) is 6.20. The fourth-order valence-electron chi connectivity index (χ4n) is 1.87. The van der Waals surface area contributed by atoms with Crippen LogP contribution in [0.1, 0.15) is 24.3 Å². The zero-order chi connectivity index (χ0) is 9.42. The van der Waals surface area contributed by atoms with Crippen molar-refractivity contribution in [1.29, 1.82) is 0 Å². The first-order valence-corrected chi connectivity index (χ1v) is 4.57. The smallest absolute Gasteiger partial charge is 0.0935 e. The Bertz CT molecular complexity index is 323. The van der Waals surface area contributed by atoms with Gasteiger partial charge >= 0.3 is 0 Å². The van der Waals surface area contributed by atoms with E-state index in [0.717, 1.165) is 18.7 Å². The molecule has 13 heavy (non-hydrogen) atoms. The molecule has 1 aromatic rings. The van der Waals surface area contributed by atoms with Crippen LogP contribution in [-0.4, -0.2) is 23.7 Å². The zero-order valence-electron chi connectivity index (χ0n) is 7.99. The summed E-state index contributed by atoms with van der Waals surface area (Å²) in [6.45, 7) is 2.79. The molecule has 1 N–H and O–H groups in total. The molecule has 0 saturated heterocycles. The van der Waals surface area contributed by atoms with Crippen molar-refractivity contribution in [3.63, 3.8) is 0 Å². The molecule has 1 atom stereocenters. The molecule has 0 saturated carbocycles. The van der Waals surface area contributed by atoms with Gasteiger partial charge in [0.1, 0.15) is 0 Å². The molecule has 0 bridgehead atoms. The third kappa shape index (κ3) is 1.29. The van der Waals surface area contributed by atoms with Crippen molar-refractivity contribution < 1.29 is 5.11 Å². The summed E-state index contributed by atoms with van der Waals surface area (Å²) in [5.74, 6) is 0. The standard InChI is InChI=1S/C10H14N2O/c1-7(13)10-8-4-6-12(2)9(8)3-5-11-10/h3,5,7,13H,4,6H2,1-2H3. The largest absolute Gasteiger partial charge is 0.387 e. The lowest BCUT2D eigenvalue weighted by Gasteiger charge is -2.13. The maximum Gasteiger partial charge on any atom is 0.0935 e. The third-order valence-electron chi connectivity index (χ3n) is 2.57. The number of aliphatic hydroxyl groups is 1. The summed E-state index contributed by atoms with van der Waals surface area (Å²) < 4.78 is 0. The summed E-state index contributed by atoms with van der Waals surface area (Å²) in [5, 5.41) is 9.49. The molecule has 0 fully saturated rings. The molecule has 3 nitrogen and oxygen atoms in total. The maximum absolute atomic E-state index is 9.49. The van der Waals surface area contributed by atoms with Crippen molar-refractivity contribution in [3.05, 3.63) is 23.5 Å². The molecular weight excluding hydrogens is 164 g/mol. The summed E-state index contributed by atoms with van der Waals surface area (Å²) >= 11 is 0. The molecule has 0 spiro atoms. The van der Waals surface area contributed by atoms with Crippen LogP contribution in [0.4, 0.5) is 5.69 Å². The number of aromatic nitrogens is 1. The molecule has 2 rings (SSSR count). The fourth-order valence-corrected chi connectivity index (χ4v) is 1.87. The second-order valence-corrected chi connectivity index (χ2v) is 3.54. The lowest BCUT2D eigenvalue weighted by molar-refractivity contribution is 0.193. The van der Waals surface area contributed by atoms with Gasteiger partial charge in [-0.1, -0.05) is 0 Å². The first kappa shape index (κ1) is 8.51. The second-order valence-electron chi connectivity index (χ2n) is 3.54. The molecule has 1 aromatic heterocycles. The van der Waals surface area contributed by atoms with E-state index >= 15 is 0 Å². The van der Waals surface area contributed by atoms with Gasteiger partial charge in [0, 0.05) is 31.0 Å². The second kappa shape index (κ2) is 3.00. The number of anilines is 1. The highest BCUT2D eigenvalue weighted by Crippen LogP contribution is 2.30. The predicted octanol–water partition coefficient (Wildman–Crippen LogP) is 1.13. The van der Waals surface area contributed by atoms with E-state index in [0.29, 0.717) is 0 Å². The molecule has 0 aliphatic carbocycles. The minimum Gasteiger partial charge on any atom is -0.387 e. The van der Waals surface area contributed by atoms with Gasteiger partial charge < -0.3 is 10.0 Å². The Kier molecular flexibility index (Phi) is 1.96. The summed E-state index contributed by atoms with van der Waals surface area (Å²) in [6.07, 6.45) is 2.31. The van der Waals surface area contributed by atoms with E-state index in [4.69, 9.17) is 0 Å². The van der Waals surface area contributed by atoms with Crippen LogP contribution in [0.2, 0.25) is 0 Å². The highest BCUT2D eigenvalue weighted by atomic mass is 16.3. The van der Waals surface area contributed by atoms with E-state index < -0.39 is 6.10 Å². The molecule has 1 aliphatic heterocycles. The Labute approximate surface area is 78.0 Å². The van der Waals surface area contributed by atoms with Gasteiger partial charge in [0.05, 0.1) is 11.8 Å². The van der Waals surface area contributed by atoms with Gasteiger partial charge in [-0.3, -0.25) is 4.98 Å². The summed E-state index contributed by atoms with van der Waals surface area (Å²) in [4.78, 5) is 6.40. The quantitative estimate of drug-likeness (QED) is 0.700. The number of pyridine rings is 1. The number of fused-ring (bicyclic) bond motifs is 1. The average molecular weight is 178 g/mol. The van der Waals surface area contributed by atoms with Gasteiger partial charge in [-0.2, -0.15) is 0 Å². The van der Waals surface area contributed by atoms with Crippen LogP contribution < -0.4 is 4.90 Å². The van der Waals surface area contributed by atoms with Crippen LogP contribution in [-0.2, 0) is 6.42 Å². The van der Waals surface area contributed by atoms with E-state index in [1.807, 2.05) is 6.07 Å². The number of likely N-dealkylation sites (N-methyl/N-ethyl adjacent to an activating group) is 1. The predicted molar refractivity (Wildman–Crippen MR) is 51.8 cm³/mol. The van der Waals surface area contributed by atoms with Crippen molar-refractivity contribution in [1.82, 2.24) is 4.98 Å². The maximum atomic E-state index is 9.49. The van der Waals surface area contributed by atoms with Crippen molar-refractivity contribution in [2.45, 2.75) is 19.4 Å². The normalized spacial score (nSPS) is 17.3. The van der Waals surface area contributed by atoms with Crippen LogP contribution in [0.5, 0.6) is 0 Å². The molecule has 70 valence electrons. The van der Waals surface area contributed by atoms with Gasteiger partial charge in [0.2, 0.25) is 0 Å². The van der Waals surface area contributed by atoms with Crippen LogP contribution in [0.15, 0.2) is 12.3 Å². The summed E-state index contributed by atoms with van der Waals surface area (Å²) in [7, 11) is 2.07. The Morgan fingerprint density at radius 1 is 1.62 bits per heavy atom. The lowest BCUT2D eigenvalue weighted by atomic mass is 10.1. The van der Waals surface area contributed by atoms with Crippen LogP contribution in [0.25, 0.3) is 0 Å². The van der Waals surface area contributed by atoms with Gasteiger partial charge in [-0.25, -0.2) is 0 Å². The Hall–Kier alpha value is -1.09. The minimum absolute atomic E-state index is 0.457. The molecule has 3 heteroatoms. The van der Waals surface area contributed by atoms with Gasteiger partial charge in [0.25, 0.3) is 0 Å². The lowest BCUT2D eigenvalue weighted by Crippen LogP contribution is -2.12. The van der Waals surface area contributed by atoms with Gasteiger partial charge in [-0.05, 0) is 19.4 Å². The Morgan fingerprint density at radius 3 is 3.08 bits per heavy atom. The number of aliphatic hydroxyl groups excluding tert-OH is 1. The topological polar surface area (TPSA) is 36.4 Å². The Balaban J connectivity index is 2.51. The highest BCUT2D eigenvalue weighted by molar-refractivity contribution is 5.58. The van der Waals surface area contributed by atoms with E-state index in [2.05, 4.69) is 16.9 Å². The van der Waals surface area contributed by atoms with E-state index in [1.54, 1.807) is 13.1 Å². The minimum atomic E-state index is -0.457. The van der Waals surface area contributed by atoms with Crippen LogP contribution >= 0.6 is 0 Å². The molecular formula is C10H14N2O. The Morgan fingerprint density at radius 2 is 2.38 bits per heavy atom. The molecule has 0 aromatic carbocycles. The molecule has 0 amide bonds. The zero-order valence-corrected chi connectivity index (χ0v) is 7.99. The van der Waals surface area contributed by atoms with E-state index in [1.165, 1.54) is 11.3 Å². The number of rotatable bonds is 1. The third-order valence-corrected chi connectivity index (χ3v) is 2.57. The van der Waals surface area contributed by atoms with Crippen LogP contribution in [0, 0.1) is 0 Å². The molecule has 0 radical (unpaired) electrons. The van der Waals surface area contributed by atoms with Gasteiger partial charge in [0.15, 0.2) is 0 Å². The van der Waals surface area contributed by atoms with Crippen LogP contribution in [0.3, 0.4) is 0 Å². The molecule has 2 heterocycles. The van der Waals surface area contributed by atoms with E-state index in [-0.39, 0.29) is 0 Å². The average Bonchev–Trinajstić information content (AvgIpc) is 2.48. The molecule has 1 aliphatic rings. The SMILES string of the molecule is CC(O)c1nccc2c1CCN2C. The van der Waals surface area contributed by atoms with Crippen molar-refractivity contribution in [2.24, 2.45) is 0 Å². The van der Waals surface area contributed by atoms with Crippen molar-refractivity contribution >= 4 is 5.69 Å². The summed E-state index contributed by atoms with van der Waals surface area (Å²) in [5.41, 5.74) is 3.26. The molecule has 1 unspecified atom stereocenters.